The molecule has 2 aromatic rings. The summed E-state index contributed by atoms with van der Waals surface area (Å²) in [4.78, 5) is 12.9. The van der Waals surface area contributed by atoms with Crippen LogP contribution >= 0.6 is 0 Å². The van der Waals surface area contributed by atoms with Crippen molar-refractivity contribution < 1.29 is 14.1 Å². The van der Waals surface area contributed by atoms with Crippen LogP contribution in [0, 0.1) is 0 Å². The minimum Gasteiger partial charge on any atom is -0.383 e. The van der Waals surface area contributed by atoms with E-state index in [0.717, 1.165) is 0 Å². The predicted molar refractivity (Wildman–Crippen MR) is 93.1 cm³/mol. The SMILES string of the molecule is CC(C)S(=O)c1ccc(C(=O)NCC(C)(O)c2cnn(C)c2)cc1. The van der Waals surface area contributed by atoms with Gasteiger partial charge in [-0.1, -0.05) is 13.8 Å². The van der Waals surface area contributed by atoms with Gasteiger partial charge in [0.25, 0.3) is 5.91 Å². The Kier molecular flexibility index (Phi) is 5.56. The summed E-state index contributed by atoms with van der Waals surface area (Å²) in [7, 11) is 0.687. The molecule has 1 heterocycles. The normalized spacial score (nSPS) is 15.1. The molecule has 0 saturated heterocycles. The van der Waals surface area contributed by atoms with Crippen molar-refractivity contribution in [2.24, 2.45) is 7.05 Å². The topological polar surface area (TPSA) is 84.2 Å². The molecule has 0 bridgehead atoms. The number of nitrogens with one attached hydrogen (secondary N) is 1. The highest BCUT2D eigenvalue weighted by Gasteiger charge is 2.25. The molecule has 2 atom stereocenters. The Morgan fingerprint density at radius 3 is 2.50 bits per heavy atom. The van der Waals surface area contributed by atoms with Gasteiger partial charge in [-0.15, -0.1) is 0 Å². The van der Waals surface area contributed by atoms with Gasteiger partial charge < -0.3 is 10.4 Å². The summed E-state index contributed by atoms with van der Waals surface area (Å²) in [5.41, 5.74) is -0.113. The predicted octanol–water partition coefficient (Wildman–Crippen LogP) is 1.57. The van der Waals surface area contributed by atoms with Crippen LogP contribution in [0.3, 0.4) is 0 Å². The highest BCUT2D eigenvalue weighted by atomic mass is 32.2. The highest BCUT2D eigenvalue weighted by Crippen LogP contribution is 2.19. The van der Waals surface area contributed by atoms with Crippen LogP contribution < -0.4 is 5.32 Å². The van der Waals surface area contributed by atoms with E-state index >= 15 is 0 Å². The van der Waals surface area contributed by atoms with Gasteiger partial charge in [-0.2, -0.15) is 5.10 Å². The van der Waals surface area contributed by atoms with Gasteiger partial charge in [-0.05, 0) is 31.2 Å². The molecule has 130 valence electrons. The molecule has 0 fully saturated rings. The number of benzene rings is 1. The van der Waals surface area contributed by atoms with Gasteiger partial charge >= 0.3 is 0 Å². The van der Waals surface area contributed by atoms with E-state index in [-0.39, 0.29) is 17.7 Å². The Bertz CT molecular complexity index is 736. The molecular weight excluding hydrogens is 326 g/mol. The van der Waals surface area contributed by atoms with Crippen LogP contribution in [0.4, 0.5) is 0 Å². The molecule has 0 aliphatic rings. The van der Waals surface area contributed by atoms with Crippen LogP contribution in [0.2, 0.25) is 0 Å². The van der Waals surface area contributed by atoms with E-state index in [1.165, 1.54) is 0 Å². The molecule has 7 heteroatoms. The Balaban J connectivity index is 2.01. The van der Waals surface area contributed by atoms with Crippen molar-refractivity contribution in [1.29, 1.82) is 0 Å². The first-order chi connectivity index (χ1) is 11.2. The average molecular weight is 349 g/mol. The Hall–Kier alpha value is -1.99. The number of carbonyl (C=O) groups is 1. The quantitative estimate of drug-likeness (QED) is 0.829. The zero-order valence-corrected chi connectivity index (χ0v) is 15.1. The monoisotopic (exact) mass is 349 g/mol. The number of amides is 1. The maximum absolute atomic E-state index is 12.2. The smallest absolute Gasteiger partial charge is 0.251 e. The van der Waals surface area contributed by atoms with E-state index in [0.29, 0.717) is 16.0 Å². The second-order valence-corrected chi connectivity index (χ2v) is 8.24. The minimum atomic E-state index is -1.21. The largest absolute Gasteiger partial charge is 0.383 e. The summed E-state index contributed by atoms with van der Waals surface area (Å²) in [6.07, 6.45) is 3.28. The number of hydrogen-bond donors (Lipinski definition) is 2. The molecule has 0 saturated carbocycles. The molecule has 1 aromatic heterocycles. The molecule has 0 aliphatic heterocycles. The molecular formula is C17H23N3O3S. The number of aromatic nitrogens is 2. The van der Waals surface area contributed by atoms with Crippen molar-refractivity contribution in [2.45, 2.75) is 36.5 Å². The van der Waals surface area contributed by atoms with Crippen molar-refractivity contribution >= 4 is 16.7 Å². The summed E-state index contributed by atoms with van der Waals surface area (Å²) in [5, 5.41) is 17.2. The summed E-state index contributed by atoms with van der Waals surface area (Å²) >= 11 is 0. The molecule has 2 unspecified atom stereocenters. The van der Waals surface area contributed by atoms with E-state index < -0.39 is 16.4 Å². The lowest BCUT2D eigenvalue weighted by atomic mass is 9.99. The highest BCUT2D eigenvalue weighted by molar-refractivity contribution is 7.85. The fraction of sp³-hybridized carbons (Fsp3) is 0.412. The standard InChI is InChI=1S/C17H23N3O3S/c1-12(2)24(23)15-7-5-13(6-8-15)16(21)18-11-17(3,22)14-9-19-20(4)10-14/h5-10,12,22H,11H2,1-4H3,(H,18,21). The van der Waals surface area contributed by atoms with Crippen LogP contribution in [0.15, 0.2) is 41.6 Å². The van der Waals surface area contributed by atoms with E-state index in [1.54, 1.807) is 55.3 Å². The first-order valence-corrected chi connectivity index (χ1v) is 8.92. The van der Waals surface area contributed by atoms with Gasteiger partial charge in [0.05, 0.1) is 23.5 Å². The zero-order valence-electron chi connectivity index (χ0n) is 14.3. The number of hydrogen-bond acceptors (Lipinski definition) is 4. The van der Waals surface area contributed by atoms with Crippen molar-refractivity contribution in [3.63, 3.8) is 0 Å². The third-order valence-corrected chi connectivity index (χ3v) is 5.29. The van der Waals surface area contributed by atoms with Crippen molar-refractivity contribution in [1.82, 2.24) is 15.1 Å². The molecule has 6 nitrogen and oxygen atoms in total. The van der Waals surface area contributed by atoms with Gasteiger partial charge in [0.2, 0.25) is 0 Å². The Morgan fingerprint density at radius 1 is 1.38 bits per heavy atom. The summed E-state index contributed by atoms with van der Waals surface area (Å²) in [5.74, 6) is -0.291. The third kappa shape index (κ3) is 4.30. The van der Waals surface area contributed by atoms with Crippen LogP contribution in [-0.4, -0.2) is 36.8 Å². The van der Waals surface area contributed by atoms with Crippen LogP contribution in [-0.2, 0) is 23.4 Å². The van der Waals surface area contributed by atoms with E-state index in [1.807, 2.05) is 13.8 Å². The van der Waals surface area contributed by atoms with Crippen molar-refractivity contribution in [3.05, 3.63) is 47.8 Å². The molecule has 2 N–H and O–H groups in total. The Labute approximate surface area is 144 Å². The van der Waals surface area contributed by atoms with E-state index in [4.69, 9.17) is 0 Å². The van der Waals surface area contributed by atoms with E-state index in [2.05, 4.69) is 10.4 Å². The third-order valence-electron chi connectivity index (χ3n) is 3.70. The summed E-state index contributed by atoms with van der Waals surface area (Å²) < 4.78 is 13.6. The second kappa shape index (κ2) is 7.27. The Morgan fingerprint density at radius 2 is 2.00 bits per heavy atom. The number of carbonyl (C=O) groups excluding carboxylic acids is 1. The second-order valence-electron chi connectivity index (χ2n) is 6.23. The number of rotatable bonds is 6. The molecule has 1 aromatic carbocycles. The number of aryl methyl sites for hydroxylation is 1. The molecule has 0 spiro atoms. The van der Waals surface area contributed by atoms with Gasteiger partial charge in [-0.3, -0.25) is 13.7 Å². The number of nitrogens with zero attached hydrogens (tertiary/aromatic N) is 2. The lowest BCUT2D eigenvalue weighted by molar-refractivity contribution is 0.0526. The fourth-order valence-corrected chi connectivity index (χ4v) is 3.12. The van der Waals surface area contributed by atoms with Gasteiger partial charge in [0.1, 0.15) is 5.60 Å². The summed E-state index contributed by atoms with van der Waals surface area (Å²) in [6, 6.07) is 6.68. The molecule has 0 aliphatic carbocycles. The maximum Gasteiger partial charge on any atom is 0.251 e. The van der Waals surface area contributed by atoms with Crippen LogP contribution in [0.5, 0.6) is 0 Å². The maximum atomic E-state index is 12.2. The van der Waals surface area contributed by atoms with Crippen LogP contribution in [0.1, 0.15) is 36.7 Å². The fourth-order valence-electron chi connectivity index (χ4n) is 2.17. The molecule has 0 radical (unpaired) electrons. The molecule has 2 rings (SSSR count). The molecule has 1 amide bonds. The van der Waals surface area contributed by atoms with Crippen molar-refractivity contribution in [3.8, 4) is 0 Å². The summed E-state index contributed by atoms with van der Waals surface area (Å²) in [6.45, 7) is 5.46. The first-order valence-electron chi connectivity index (χ1n) is 7.71. The first kappa shape index (κ1) is 18.4. The van der Waals surface area contributed by atoms with Gasteiger partial charge in [0, 0.05) is 34.5 Å². The number of aliphatic hydroxyl groups is 1. The van der Waals surface area contributed by atoms with Gasteiger partial charge in [-0.25, -0.2) is 0 Å². The zero-order chi connectivity index (χ0) is 17.9. The minimum absolute atomic E-state index is 0.0271. The van der Waals surface area contributed by atoms with Crippen LogP contribution in [0.25, 0.3) is 0 Å². The van der Waals surface area contributed by atoms with Crippen molar-refractivity contribution in [2.75, 3.05) is 6.54 Å². The average Bonchev–Trinajstić information content (AvgIpc) is 2.99. The lowest BCUT2D eigenvalue weighted by Gasteiger charge is -2.22. The molecule has 24 heavy (non-hydrogen) atoms. The van der Waals surface area contributed by atoms with Gasteiger partial charge in [0.15, 0.2) is 0 Å². The lowest BCUT2D eigenvalue weighted by Crippen LogP contribution is -2.38. The van der Waals surface area contributed by atoms with E-state index in [9.17, 15) is 14.1 Å².